The molecule has 4 nitrogen and oxygen atoms in total. The molecule has 2 saturated carbocycles. The third kappa shape index (κ3) is 1.43. The molecule has 3 heterocycles. The molecule has 1 spiro atoms. The number of rotatable bonds is 1. The molecule has 130 valence electrons. The highest BCUT2D eigenvalue weighted by Crippen LogP contribution is 2.71. The van der Waals surface area contributed by atoms with Gasteiger partial charge in [0, 0.05) is 17.8 Å². The van der Waals surface area contributed by atoms with Crippen LogP contribution >= 0.6 is 0 Å². The molecule has 3 aliphatic heterocycles. The van der Waals surface area contributed by atoms with Crippen LogP contribution in [0.1, 0.15) is 46.0 Å². The highest BCUT2D eigenvalue weighted by atomic mass is 16.6. The van der Waals surface area contributed by atoms with E-state index in [1.165, 1.54) is 5.57 Å². The zero-order valence-corrected chi connectivity index (χ0v) is 14.5. The van der Waals surface area contributed by atoms with Gasteiger partial charge in [-0.2, -0.15) is 0 Å². The third-order valence-corrected chi connectivity index (χ3v) is 8.18. The van der Waals surface area contributed by atoms with Crippen LogP contribution < -0.4 is 0 Å². The van der Waals surface area contributed by atoms with Crippen molar-refractivity contribution in [2.24, 2.45) is 28.1 Å². The van der Waals surface area contributed by atoms with Gasteiger partial charge in [0.25, 0.3) is 0 Å². The van der Waals surface area contributed by atoms with Crippen molar-refractivity contribution in [1.29, 1.82) is 0 Å². The largest absolute Gasteiger partial charge is 0.457 e. The Balaban J connectivity index is 1.67. The summed E-state index contributed by atoms with van der Waals surface area (Å²) >= 11 is 0. The minimum atomic E-state index is -1.36. The van der Waals surface area contributed by atoms with Crippen molar-refractivity contribution >= 4 is 5.97 Å². The van der Waals surface area contributed by atoms with E-state index in [4.69, 9.17) is 9.47 Å². The normalized spacial score (nSPS) is 57.7. The van der Waals surface area contributed by atoms with E-state index in [2.05, 4.69) is 25.7 Å². The summed E-state index contributed by atoms with van der Waals surface area (Å²) in [7, 11) is 0. The van der Waals surface area contributed by atoms with Gasteiger partial charge in [0.05, 0.1) is 6.61 Å². The number of fused-ring (bicyclic) bond motifs is 3. The lowest BCUT2D eigenvalue weighted by atomic mass is 9.42. The minimum Gasteiger partial charge on any atom is -0.457 e. The molecule has 0 aromatic rings. The van der Waals surface area contributed by atoms with Crippen LogP contribution in [0, 0.1) is 28.1 Å². The average Bonchev–Trinajstić information content (AvgIpc) is 2.83. The van der Waals surface area contributed by atoms with E-state index in [1.54, 1.807) is 0 Å². The maximum absolute atomic E-state index is 12.7. The number of ether oxygens (including phenoxy) is 2. The lowest BCUT2D eigenvalue weighted by Gasteiger charge is -2.65. The molecule has 0 aromatic heterocycles. The van der Waals surface area contributed by atoms with Crippen molar-refractivity contribution in [3.63, 3.8) is 0 Å². The first-order valence-corrected chi connectivity index (χ1v) is 9.20. The molecule has 6 rings (SSSR count). The first kappa shape index (κ1) is 15.2. The van der Waals surface area contributed by atoms with Crippen LogP contribution in [0.4, 0.5) is 0 Å². The Morgan fingerprint density at radius 1 is 1.33 bits per heavy atom. The average molecular weight is 330 g/mol. The minimum absolute atomic E-state index is 0.0341. The molecule has 6 aliphatic rings. The van der Waals surface area contributed by atoms with E-state index in [-0.39, 0.29) is 28.8 Å². The van der Waals surface area contributed by atoms with Crippen molar-refractivity contribution in [2.45, 2.75) is 57.8 Å². The summed E-state index contributed by atoms with van der Waals surface area (Å²) in [4.78, 5) is 12.7. The van der Waals surface area contributed by atoms with Crippen molar-refractivity contribution in [3.8, 4) is 0 Å². The van der Waals surface area contributed by atoms with E-state index >= 15 is 0 Å². The van der Waals surface area contributed by atoms with E-state index in [0.29, 0.717) is 18.9 Å². The number of carbonyl (C=O) groups is 1. The molecule has 24 heavy (non-hydrogen) atoms. The summed E-state index contributed by atoms with van der Waals surface area (Å²) in [5.74, 6) is -1.18. The van der Waals surface area contributed by atoms with Crippen molar-refractivity contribution in [2.75, 3.05) is 6.61 Å². The molecule has 0 radical (unpaired) electrons. The summed E-state index contributed by atoms with van der Waals surface area (Å²) in [6.07, 6.45) is 8.73. The third-order valence-electron chi connectivity index (χ3n) is 8.18. The van der Waals surface area contributed by atoms with Crippen LogP contribution in [-0.4, -0.2) is 29.6 Å². The van der Waals surface area contributed by atoms with Gasteiger partial charge in [0.15, 0.2) is 5.79 Å². The lowest BCUT2D eigenvalue weighted by Crippen LogP contribution is -2.71. The van der Waals surface area contributed by atoms with E-state index in [9.17, 15) is 9.90 Å². The van der Waals surface area contributed by atoms with Gasteiger partial charge in [0.2, 0.25) is 0 Å². The molecule has 3 saturated heterocycles. The van der Waals surface area contributed by atoms with E-state index in [0.717, 1.165) is 25.7 Å². The predicted octanol–water partition coefficient (Wildman–Crippen LogP) is 2.97. The van der Waals surface area contributed by atoms with E-state index < -0.39 is 11.2 Å². The predicted molar refractivity (Wildman–Crippen MR) is 87.8 cm³/mol. The number of hydrogen-bond acceptors (Lipinski definition) is 4. The van der Waals surface area contributed by atoms with Gasteiger partial charge in [0.1, 0.15) is 11.5 Å². The molecular weight excluding hydrogens is 304 g/mol. The van der Waals surface area contributed by atoms with Crippen LogP contribution in [0.3, 0.4) is 0 Å². The quantitative estimate of drug-likeness (QED) is 0.593. The maximum Gasteiger partial charge on any atom is 0.318 e. The summed E-state index contributed by atoms with van der Waals surface area (Å²) in [6, 6.07) is 0. The lowest BCUT2D eigenvalue weighted by molar-refractivity contribution is -0.367. The Bertz CT molecular complexity index is 671. The second-order valence-electron chi connectivity index (χ2n) is 9.22. The van der Waals surface area contributed by atoms with Crippen LogP contribution in [-0.2, 0) is 14.3 Å². The second-order valence-corrected chi connectivity index (χ2v) is 9.22. The number of esters is 1. The Labute approximate surface area is 142 Å². The van der Waals surface area contributed by atoms with Crippen LogP contribution in [0.15, 0.2) is 24.3 Å². The Kier molecular flexibility index (Phi) is 2.62. The molecule has 0 aromatic carbocycles. The smallest absolute Gasteiger partial charge is 0.318 e. The molecule has 4 heteroatoms. The Morgan fingerprint density at radius 3 is 2.79 bits per heavy atom. The SMILES string of the molecule is C=C[C@]1(C)CC[C@@H]2C(=C[C@H]3OC(=O)[C@]4(C)[C@H]3[C@]23CC[C@]4(O)OC3)C1. The zero-order chi connectivity index (χ0) is 17.0. The monoisotopic (exact) mass is 330 g/mol. The standard InChI is InChI=1S/C20H26O4/c1-4-17(2)6-5-13-12(10-17)9-14-15-18(3,16(21)24-14)20(22)8-7-19(13,15)11-23-20/h4,9,13-15,22H,1,5-8,10-11H2,2-3H3/t13-,14-,15+,17-,18+,19+,20+/m1/s1. The summed E-state index contributed by atoms with van der Waals surface area (Å²) in [6.45, 7) is 8.71. The van der Waals surface area contributed by atoms with Gasteiger partial charge < -0.3 is 14.6 Å². The number of allylic oxidation sites excluding steroid dienone is 2. The number of hydrogen-bond donors (Lipinski definition) is 1. The molecule has 1 N–H and O–H groups in total. The Morgan fingerprint density at radius 2 is 2.12 bits per heavy atom. The van der Waals surface area contributed by atoms with Gasteiger partial charge in [-0.15, -0.1) is 6.58 Å². The molecule has 2 bridgehead atoms. The van der Waals surface area contributed by atoms with Gasteiger partial charge in [-0.1, -0.05) is 18.6 Å². The van der Waals surface area contributed by atoms with Gasteiger partial charge >= 0.3 is 5.97 Å². The van der Waals surface area contributed by atoms with E-state index in [1.807, 2.05) is 6.92 Å². The number of carbonyl (C=O) groups excluding carboxylic acids is 1. The van der Waals surface area contributed by atoms with Crippen molar-refractivity contribution < 1.29 is 19.4 Å². The summed E-state index contributed by atoms with van der Waals surface area (Å²) in [5.41, 5.74) is 0.540. The zero-order valence-electron chi connectivity index (χ0n) is 14.5. The van der Waals surface area contributed by atoms with Gasteiger partial charge in [-0.3, -0.25) is 4.79 Å². The first-order chi connectivity index (χ1) is 11.3. The first-order valence-electron chi connectivity index (χ1n) is 9.20. The van der Waals surface area contributed by atoms with Gasteiger partial charge in [-0.05, 0) is 50.0 Å². The molecule has 3 aliphatic carbocycles. The van der Waals surface area contributed by atoms with Crippen molar-refractivity contribution in [3.05, 3.63) is 24.3 Å². The molecule has 0 amide bonds. The van der Waals surface area contributed by atoms with Crippen molar-refractivity contribution in [1.82, 2.24) is 0 Å². The summed E-state index contributed by atoms with van der Waals surface area (Å²) < 4.78 is 11.8. The highest BCUT2D eigenvalue weighted by Gasteiger charge is 2.78. The molecule has 0 unspecified atom stereocenters. The fourth-order valence-corrected chi connectivity index (χ4v) is 6.71. The topological polar surface area (TPSA) is 55.8 Å². The molecular formula is C20H26O4. The summed E-state index contributed by atoms with van der Waals surface area (Å²) in [5, 5.41) is 11.0. The van der Waals surface area contributed by atoms with Crippen LogP contribution in [0.2, 0.25) is 0 Å². The highest BCUT2D eigenvalue weighted by molar-refractivity contribution is 5.82. The fraction of sp³-hybridized carbons (Fsp3) is 0.750. The molecule has 5 fully saturated rings. The number of aliphatic hydroxyl groups is 1. The fourth-order valence-electron chi connectivity index (χ4n) is 6.71. The van der Waals surface area contributed by atoms with Crippen LogP contribution in [0.25, 0.3) is 0 Å². The Hall–Kier alpha value is -1.13. The maximum atomic E-state index is 12.7. The van der Waals surface area contributed by atoms with Gasteiger partial charge in [-0.25, -0.2) is 0 Å². The molecule has 7 atom stereocenters. The van der Waals surface area contributed by atoms with Crippen LogP contribution in [0.5, 0.6) is 0 Å². The second kappa shape index (κ2) is 4.16.